The second kappa shape index (κ2) is 3.74. The minimum Gasteiger partial charge on any atom is -0.481 e. The van der Waals surface area contributed by atoms with Crippen LogP contribution in [-0.2, 0) is 11.2 Å². The molecule has 0 spiro atoms. The van der Waals surface area contributed by atoms with E-state index in [4.69, 9.17) is 5.11 Å². The summed E-state index contributed by atoms with van der Waals surface area (Å²) in [5.41, 5.74) is 2.05. The van der Waals surface area contributed by atoms with Gasteiger partial charge in [-0.05, 0) is 24.8 Å². The van der Waals surface area contributed by atoms with Crippen molar-refractivity contribution in [2.75, 3.05) is 0 Å². The number of aryl methyl sites for hydroxylation is 1. The Bertz CT molecular complexity index is 352. The molecule has 1 N–H and O–H groups in total. The standard InChI is InChI=1S/C10H12N2O2/c13-9(14)4-7-2-1-3-8-5-11-6-12-10(7)8/h5-7H,1-4H2,(H,13,14). The summed E-state index contributed by atoms with van der Waals surface area (Å²) in [5, 5.41) is 8.75. The van der Waals surface area contributed by atoms with E-state index in [0.29, 0.717) is 0 Å². The van der Waals surface area contributed by atoms with Crippen molar-refractivity contribution >= 4 is 5.97 Å². The number of aliphatic carboxylic acids is 1. The number of hydrogen-bond acceptors (Lipinski definition) is 3. The summed E-state index contributed by atoms with van der Waals surface area (Å²) < 4.78 is 0. The van der Waals surface area contributed by atoms with E-state index in [0.717, 1.165) is 30.5 Å². The van der Waals surface area contributed by atoms with E-state index in [1.54, 1.807) is 6.20 Å². The fourth-order valence-corrected chi connectivity index (χ4v) is 2.01. The van der Waals surface area contributed by atoms with Crippen molar-refractivity contribution in [2.24, 2.45) is 0 Å². The molecule has 14 heavy (non-hydrogen) atoms. The molecular weight excluding hydrogens is 180 g/mol. The normalized spacial score (nSPS) is 20.1. The second-order valence-electron chi connectivity index (χ2n) is 3.62. The van der Waals surface area contributed by atoms with Gasteiger partial charge in [-0.1, -0.05) is 0 Å². The van der Waals surface area contributed by atoms with Crippen molar-refractivity contribution in [1.29, 1.82) is 0 Å². The molecule has 0 aromatic carbocycles. The highest BCUT2D eigenvalue weighted by molar-refractivity contribution is 5.68. The predicted molar refractivity (Wildman–Crippen MR) is 50.0 cm³/mol. The minimum atomic E-state index is -0.749. The maximum absolute atomic E-state index is 10.6. The van der Waals surface area contributed by atoms with Crippen LogP contribution in [0.4, 0.5) is 0 Å². The van der Waals surface area contributed by atoms with Gasteiger partial charge in [-0.3, -0.25) is 4.79 Å². The van der Waals surface area contributed by atoms with Crippen LogP contribution in [0.25, 0.3) is 0 Å². The van der Waals surface area contributed by atoms with Crippen LogP contribution in [0, 0.1) is 0 Å². The van der Waals surface area contributed by atoms with E-state index in [9.17, 15) is 4.79 Å². The van der Waals surface area contributed by atoms with Gasteiger partial charge in [0.1, 0.15) is 6.33 Å². The van der Waals surface area contributed by atoms with E-state index in [1.807, 2.05) is 0 Å². The zero-order chi connectivity index (χ0) is 9.97. The van der Waals surface area contributed by atoms with Gasteiger partial charge in [0.15, 0.2) is 0 Å². The first-order valence-corrected chi connectivity index (χ1v) is 4.78. The van der Waals surface area contributed by atoms with E-state index in [2.05, 4.69) is 9.97 Å². The van der Waals surface area contributed by atoms with Crippen LogP contribution in [0.1, 0.15) is 36.4 Å². The fourth-order valence-electron chi connectivity index (χ4n) is 2.01. The van der Waals surface area contributed by atoms with Crippen LogP contribution in [0.3, 0.4) is 0 Å². The number of carbonyl (C=O) groups is 1. The lowest BCUT2D eigenvalue weighted by atomic mass is 9.85. The maximum Gasteiger partial charge on any atom is 0.304 e. The predicted octanol–water partition coefficient (Wildman–Crippen LogP) is 1.37. The summed E-state index contributed by atoms with van der Waals surface area (Å²) in [4.78, 5) is 18.8. The average Bonchev–Trinajstić information content (AvgIpc) is 2.18. The van der Waals surface area contributed by atoms with Gasteiger partial charge in [0.2, 0.25) is 0 Å². The van der Waals surface area contributed by atoms with Crippen LogP contribution in [-0.4, -0.2) is 21.0 Å². The van der Waals surface area contributed by atoms with Gasteiger partial charge in [0.05, 0.1) is 12.1 Å². The minimum absolute atomic E-state index is 0.0826. The van der Waals surface area contributed by atoms with E-state index in [1.165, 1.54) is 6.33 Å². The second-order valence-corrected chi connectivity index (χ2v) is 3.62. The molecule has 1 unspecified atom stereocenters. The Balaban J connectivity index is 2.26. The van der Waals surface area contributed by atoms with Gasteiger partial charge in [0, 0.05) is 12.1 Å². The van der Waals surface area contributed by atoms with Gasteiger partial charge < -0.3 is 5.11 Å². The third-order valence-corrected chi connectivity index (χ3v) is 2.63. The summed E-state index contributed by atoms with van der Waals surface area (Å²) in [6.45, 7) is 0. The van der Waals surface area contributed by atoms with Gasteiger partial charge in [-0.25, -0.2) is 9.97 Å². The largest absolute Gasteiger partial charge is 0.481 e. The molecule has 1 heterocycles. The quantitative estimate of drug-likeness (QED) is 0.768. The molecule has 1 atom stereocenters. The van der Waals surface area contributed by atoms with Crippen LogP contribution in [0.2, 0.25) is 0 Å². The van der Waals surface area contributed by atoms with Crippen LogP contribution >= 0.6 is 0 Å². The molecule has 0 saturated heterocycles. The van der Waals surface area contributed by atoms with Crippen molar-refractivity contribution in [3.63, 3.8) is 0 Å². The maximum atomic E-state index is 10.6. The number of carboxylic acid groups (broad SMARTS) is 1. The summed E-state index contributed by atoms with van der Waals surface area (Å²) in [7, 11) is 0. The molecule has 0 fully saturated rings. The number of hydrogen-bond donors (Lipinski definition) is 1. The molecule has 1 aliphatic rings. The van der Waals surface area contributed by atoms with Gasteiger partial charge >= 0.3 is 5.97 Å². The molecular formula is C10H12N2O2. The van der Waals surface area contributed by atoms with E-state index >= 15 is 0 Å². The molecule has 1 aliphatic carbocycles. The van der Waals surface area contributed by atoms with Crippen molar-refractivity contribution in [1.82, 2.24) is 9.97 Å². The molecule has 0 saturated carbocycles. The Kier molecular flexibility index (Phi) is 2.43. The van der Waals surface area contributed by atoms with Gasteiger partial charge in [-0.2, -0.15) is 0 Å². The highest BCUT2D eigenvalue weighted by Crippen LogP contribution is 2.31. The van der Waals surface area contributed by atoms with Crippen molar-refractivity contribution < 1.29 is 9.90 Å². The number of fused-ring (bicyclic) bond motifs is 1. The van der Waals surface area contributed by atoms with Gasteiger partial charge in [0.25, 0.3) is 0 Å². The molecule has 4 nitrogen and oxygen atoms in total. The smallest absolute Gasteiger partial charge is 0.304 e. The Labute approximate surface area is 82.0 Å². The van der Waals surface area contributed by atoms with Crippen LogP contribution in [0.5, 0.6) is 0 Å². The molecule has 2 rings (SSSR count). The van der Waals surface area contributed by atoms with E-state index < -0.39 is 5.97 Å². The van der Waals surface area contributed by atoms with Crippen molar-refractivity contribution in [3.8, 4) is 0 Å². The first-order valence-electron chi connectivity index (χ1n) is 4.78. The molecule has 0 aliphatic heterocycles. The third kappa shape index (κ3) is 1.73. The fraction of sp³-hybridized carbons (Fsp3) is 0.500. The highest BCUT2D eigenvalue weighted by Gasteiger charge is 2.23. The first kappa shape index (κ1) is 9.12. The number of rotatable bonds is 2. The zero-order valence-corrected chi connectivity index (χ0v) is 7.81. The lowest BCUT2D eigenvalue weighted by Gasteiger charge is -2.21. The Morgan fingerprint density at radius 2 is 2.50 bits per heavy atom. The summed E-state index contributed by atoms with van der Waals surface area (Å²) >= 11 is 0. The summed E-state index contributed by atoms with van der Waals surface area (Å²) in [6, 6.07) is 0. The van der Waals surface area contributed by atoms with Crippen molar-refractivity contribution in [3.05, 3.63) is 23.8 Å². The zero-order valence-electron chi connectivity index (χ0n) is 7.81. The SMILES string of the molecule is O=C(O)CC1CCCc2cncnc21. The topological polar surface area (TPSA) is 63.1 Å². The summed E-state index contributed by atoms with van der Waals surface area (Å²) in [5.74, 6) is -0.666. The number of aromatic nitrogens is 2. The number of carboxylic acids is 1. The third-order valence-electron chi connectivity index (χ3n) is 2.63. The Morgan fingerprint density at radius 1 is 1.64 bits per heavy atom. The monoisotopic (exact) mass is 192 g/mol. The van der Waals surface area contributed by atoms with Crippen LogP contribution < -0.4 is 0 Å². The van der Waals surface area contributed by atoms with Gasteiger partial charge in [-0.15, -0.1) is 0 Å². The molecule has 1 aromatic rings. The molecule has 4 heteroatoms. The highest BCUT2D eigenvalue weighted by atomic mass is 16.4. The molecule has 1 aromatic heterocycles. The lowest BCUT2D eigenvalue weighted by Crippen LogP contribution is -2.15. The number of nitrogens with zero attached hydrogens (tertiary/aromatic N) is 2. The first-order chi connectivity index (χ1) is 6.77. The Hall–Kier alpha value is -1.45. The molecule has 74 valence electrons. The average molecular weight is 192 g/mol. The van der Waals surface area contributed by atoms with E-state index in [-0.39, 0.29) is 12.3 Å². The molecule has 0 radical (unpaired) electrons. The van der Waals surface area contributed by atoms with Crippen LogP contribution in [0.15, 0.2) is 12.5 Å². The molecule has 0 bridgehead atoms. The lowest BCUT2D eigenvalue weighted by molar-refractivity contribution is -0.137. The Morgan fingerprint density at radius 3 is 3.29 bits per heavy atom. The molecule has 0 amide bonds. The van der Waals surface area contributed by atoms with Crippen molar-refractivity contribution in [2.45, 2.75) is 31.6 Å². The summed E-state index contributed by atoms with van der Waals surface area (Å²) in [6.07, 6.45) is 6.43.